The Bertz CT molecular complexity index is 597. The van der Waals surface area contributed by atoms with Gasteiger partial charge in [-0.3, -0.25) is 9.89 Å². The van der Waals surface area contributed by atoms with E-state index in [9.17, 15) is 9.18 Å². The number of nitrogens with one attached hydrogen (secondary N) is 2. The molecule has 1 amide bonds. The first-order valence-electron chi connectivity index (χ1n) is 4.98. The Kier molecular flexibility index (Phi) is 3.33. The molecule has 0 fully saturated rings. The second-order valence-electron chi connectivity index (χ2n) is 3.48. The molecule has 0 saturated carbocycles. The van der Waals surface area contributed by atoms with Crippen molar-refractivity contribution in [3.05, 3.63) is 47.5 Å². The molecule has 2 rings (SSSR count). The minimum atomic E-state index is -0.604. The van der Waals surface area contributed by atoms with Crippen molar-refractivity contribution in [1.82, 2.24) is 10.2 Å². The summed E-state index contributed by atoms with van der Waals surface area (Å²) in [5.41, 5.74) is 6.07. The molecule has 2 aromatic rings. The fourth-order valence-corrected chi connectivity index (χ4v) is 1.47. The third kappa shape index (κ3) is 2.51. The third-order valence-electron chi connectivity index (χ3n) is 2.25. The summed E-state index contributed by atoms with van der Waals surface area (Å²) < 4.78 is 13.7. The number of aromatic nitrogens is 2. The number of thiocarbonyl (C=S) groups is 1. The predicted octanol–water partition coefficient (Wildman–Crippen LogP) is 1.44. The first kappa shape index (κ1) is 12.2. The summed E-state index contributed by atoms with van der Waals surface area (Å²) in [5.74, 6) is -1.08. The summed E-state index contributed by atoms with van der Waals surface area (Å²) in [6.45, 7) is 0. The van der Waals surface area contributed by atoms with Crippen LogP contribution in [0.25, 0.3) is 0 Å². The Balaban J connectivity index is 2.20. The van der Waals surface area contributed by atoms with E-state index in [0.29, 0.717) is 5.56 Å². The number of rotatable bonds is 3. The summed E-state index contributed by atoms with van der Waals surface area (Å²) in [4.78, 5) is 11.7. The Morgan fingerprint density at radius 2 is 2.22 bits per heavy atom. The minimum Gasteiger partial charge on any atom is -0.389 e. The summed E-state index contributed by atoms with van der Waals surface area (Å²) in [6.07, 6.45) is 1.43. The quantitative estimate of drug-likeness (QED) is 0.732. The Morgan fingerprint density at radius 1 is 1.44 bits per heavy atom. The van der Waals surface area contributed by atoms with E-state index in [1.807, 2.05) is 0 Å². The van der Waals surface area contributed by atoms with Crippen LogP contribution in [-0.4, -0.2) is 21.1 Å². The second kappa shape index (κ2) is 4.92. The maximum Gasteiger partial charge on any atom is 0.273 e. The van der Waals surface area contributed by atoms with Gasteiger partial charge in [0.05, 0.1) is 5.69 Å². The van der Waals surface area contributed by atoms with Crippen LogP contribution in [-0.2, 0) is 0 Å². The van der Waals surface area contributed by atoms with Gasteiger partial charge in [-0.25, -0.2) is 4.39 Å². The zero-order valence-corrected chi connectivity index (χ0v) is 9.92. The molecule has 0 aliphatic carbocycles. The van der Waals surface area contributed by atoms with E-state index >= 15 is 0 Å². The first-order chi connectivity index (χ1) is 8.58. The Labute approximate surface area is 107 Å². The largest absolute Gasteiger partial charge is 0.389 e. The number of hydrogen-bond donors (Lipinski definition) is 3. The summed E-state index contributed by atoms with van der Waals surface area (Å²) in [5, 5.41) is 8.52. The predicted molar refractivity (Wildman–Crippen MR) is 68.8 cm³/mol. The van der Waals surface area contributed by atoms with E-state index in [4.69, 9.17) is 18.0 Å². The van der Waals surface area contributed by atoms with Gasteiger partial charge >= 0.3 is 0 Å². The lowest BCUT2D eigenvalue weighted by molar-refractivity contribution is 0.102. The average Bonchev–Trinajstić information content (AvgIpc) is 2.85. The maximum atomic E-state index is 13.7. The zero-order valence-electron chi connectivity index (χ0n) is 9.11. The van der Waals surface area contributed by atoms with Gasteiger partial charge in [0.2, 0.25) is 0 Å². The van der Waals surface area contributed by atoms with Gasteiger partial charge in [-0.05, 0) is 24.3 Å². The van der Waals surface area contributed by atoms with Crippen LogP contribution in [0.3, 0.4) is 0 Å². The number of benzene rings is 1. The normalized spacial score (nSPS) is 10.1. The fraction of sp³-hybridized carbons (Fsp3) is 0. The highest BCUT2D eigenvalue weighted by Gasteiger charge is 2.11. The average molecular weight is 264 g/mol. The molecule has 18 heavy (non-hydrogen) atoms. The molecule has 5 nitrogen and oxygen atoms in total. The lowest BCUT2D eigenvalue weighted by Gasteiger charge is -2.06. The van der Waals surface area contributed by atoms with Crippen molar-refractivity contribution in [2.24, 2.45) is 5.73 Å². The van der Waals surface area contributed by atoms with Crippen molar-refractivity contribution in [3.63, 3.8) is 0 Å². The molecule has 7 heteroatoms. The molecule has 0 atom stereocenters. The molecular weight excluding hydrogens is 255 g/mol. The number of amides is 1. The fourth-order valence-electron chi connectivity index (χ4n) is 1.34. The number of H-pyrrole nitrogens is 1. The number of halogens is 1. The number of carbonyl (C=O) groups is 1. The summed E-state index contributed by atoms with van der Waals surface area (Å²) in [6, 6.07) is 5.59. The van der Waals surface area contributed by atoms with E-state index in [-0.39, 0.29) is 16.4 Å². The number of nitrogens with zero attached hydrogens (tertiary/aromatic N) is 1. The topological polar surface area (TPSA) is 83.8 Å². The van der Waals surface area contributed by atoms with Crippen LogP contribution in [0, 0.1) is 5.82 Å². The van der Waals surface area contributed by atoms with Crippen molar-refractivity contribution >= 4 is 28.8 Å². The van der Waals surface area contributed by atoms with Crippen LogP contribution in [0.5, 0.6) is 0 Å². The molecule has 0 unspecified atom stereocenters. The van der Waals surface area contributed by atoms with Crippen LogP contribution in [0.4, 0.5) is 10.1 Å². The van der Waals surface area contributed by atoms with Gasteiger partial charge in [0.1, 0.15) is 16.5 Å². The Hall–Kier alpha value is -2.28. The standard InChI is InChI=1S/C11H9FN4OS/c12-7-5-6(10(13)18)1-2-8(7)15-11(17)9-3-4-14-16-9/h1-5H,(H2,13,18)(H,14,16)(H,15,17). The Morgan fingerprint density at radius 3 is 2.78 bits per heavy atom. The van der Waals surface area contributed by atoms with Gasteiger partial charge in [-0.1, -0.05) is 12.2 Å². The molecule has 0 saturated heterocycles. The van der Waals surface area contributed by atoms with Gasteiger partial charge in [0, 0.05) is 11.8 Å². The maximum absolute atomic E-state index is 13.7. The van der Waals surface area contributed by atoms with Crippen molar-refractivity contribution in [2.45, 2.75) is 0 Å². The van der Waals surface area contributed by atoms with E-state index in [1.54, 1.807) is 0 Å². The molecule has 4 N–H and O–H groups in total. The molecule has 1 aromatic carbocycles. The summed E-state index contributed by atoms with van der Waals surface area (Å²) >= 11 is 4.73. The van der Waals surface area contributed by atoms with E-state index < -0.39 is 11.7 Å². The van der Waals surface area contributed by atoms with Crippen molar-refractivity contribution < 1.29 is 9.18 Å². The number of hydrogen-bond acceptors (Lipinski definition) is 3. The van der Waals surface area contributed by atoms with E-state index in [1.165, 1.54) is 30.5 Å². The highest BCUT2D eigenvalue weighted by atomic mass is 32.1. The number of carbonyl (C=O) groups excluding carboxylic acids is 1. The second-order valence-corrected chi connectivity index (χ2v) is 3.92. The third-order valence-corrected chi connectivity index (χ3v) is 2.48. The molecule has 0 radical (unpaired) electrons. The molecule has 1 heterocycles. The van der Waals surface area contributed by atoms with Gasteiger partial charge in [-0.15, -0.1) is 0 Å². The molecule has 0 bridgehead atoms. The molecule has 0 aliphatic heterocycles. The molecule has 0 spiro atoms. The van der Waals surface area contributed by atoms with Gasteiger partial charge in [-0.2, -0.15) is 5.10 Å². The highest BCUT2D eigenvalue weighted by Crippen LogP contribution is 2.16. The van der Waals surface area contributed by atoms with Crippen LogP contribution < -0.4 is 11.1 Å². The van der Waals surface area contributed by atoms with Crippen molar-refractivity contribution in [2.75, 3.05) is 5.32 Å². The number of anilines is 1. The van der Waals surface area contributed by atoms with Crippen LogP contribution >= 0.6 is 12.2 Å². The van der Waals surface area contributed by atoms with Gasteiger partial charge < -0.3 is 11.1 Å². The molecular formula is C11H9FN4OS. The number of nitrogens with two attached hydrogens (primary N) is 1. The molecule has 1 aromatic heterocycles. The summed E-state index contributed by atoms with van der Waals surface area (Å²) in [7, 11) is 0. The number of aromatic amines is 1. The lowest BCUT2D eigenvalue weighted by Crippen LogP contribution is -2.15. The van der Waals surface area contributed by atoms with Gasteiger partial charge in [0.15, 0.2) is 0 Å². The van der Waals surface area contributed by atoms with E-state index in [2.05, 4.69) is 15.5 Å². The monoisotopic (exact) mass is 264 g/mol. The zero-order chi connectivity index (χ0) is 13.1. The molecule has 0 aliphatic rings. The smallest absolute Gasteiger partial charge is 0.273 e. The van der Waals surface area contributed by atoms with E-state index in [0.717, 1.165) is 0 Å². The highest BCUT2D eigenvalue weighted by molar-refractivity contribution is 7.80. The van der Waals surface area contributed by atoms with Crippen LogP contribution in [0.2, 0.25) is 0 Å². The SMILES string of the molecule is NC(=S)c1ccc(NC(=O)c2ccn[nH]2)c(F)c1. The molecule has 92 valence electrons. The van der Waals surface area contributed by atoms with Crippen molar-refractivity contribution in [1.29, 1.82) is 0 Å². The lowest BCUT2D eigenvalue weighted by atomic mass is 10.2. The van der Waals surface area contributed by atoms with Gasteiger partial charge in [0.25, 0.3) is 5.91 Å². The van der Waals surface area contributed by atoms with Crippen LogP contribution in [0.15, 0.2) is 30.5 Å². The van der Waals surface area contributed by atoms with Crippen LogP contribution in [0.1, 0.15) is 16.1 Å². The minimum absolute atomic E-state index is 0.0506. The first-order valence-corrected chi connectivity index (χ1v) is 5.39. The van der Waals surface area contributed by atoms with Crippen molar-refractivity contribution in [3.8, 4) is 0 Å².